The Morgan fingerprint density at radius 1 is 1.24 bits per heavy atom. The number of amides is 1. The molecule has 0 bridgehead atoms. The summed E-state index contributed by atoms with van der Waals surface area (Å²) in [5.41, 5.74) is -0.376. The van der Waals surface area contributed by atoms with Crippen molar-refractivity contribution in [3.8, 4) is 0 Å². The number of carbonyl (C=O) groups excluding carboxylic acids is 2. The first-order valence-electron chi connectivity index (χ1n) is 7.86. The number of methoxy groups -OCH3 is 2. The predicted octanol–water partition coefficient (Wildman–Crippen LogP) is 1.69. The van der Waals surface area contributed by atoms with Crippen molar-refractivity contribution in [2.45, 2.75) is 6.92 Å². The highest BCUT2D eigenvalue weighted by Gasteiger charge is 2.25. The first kappa shape index (κ1) is 18.7. The van der Waals surface area contributed by atoms with E-state index < -0.39 is 23.4 Å². The van der Waals surface area contributed by atoms with E-state index in [0.717, 1.165) is 0 Å². The maximum Gasteiger partial charge on any atom is 0.349 e. The summed E-state index contributed by atoms with van der Waals surface area (Å²) in [7, 11) is 2.80. The van der Waals surface area contributed by atoms with Gasteiger partial charge in [0.2, 0.25) is 0 Å². The molecular formula is C18H21NO6. The van der Waals surface area contributed by atoms with Gasteiger partial charge in [0.25, 0.3) is 5.91 Å². The Bertz CT molecular complexity index is 813. The van der Waals surface area contributed by atoms with E-state index in [1.165, 1.54) is 25.2 Å². The molecule has 7 nitrogen and oxygen atoms in total. The Kier molecular flexibility index (Phi) is 6.30. The molecule has 1 heterocycles. The zero-order valence-corrected chi connectivity index (χ0v) is 14.5. The molecule has 134 valence electrons. The molecule has 1 atom stereocenters. The summed E-state index contributed by atoms with van der Waals surface area (Å²) < 4.78 is 14.9. The summed E-state index contributed by atoms with van der Waals surface area (Å²) in [6, 6.07) is 8.46. The average Bonchev–Trinajstić information content (AvgIpc) is 2.63. The van der Waals surface area contributed by atoms with Crippen LogP contribution in [0.3, 0.4) is 0 Å². The van der Waals surface area contributed by atoms with Gasteiger partial charge in [-0.1, -0.05) is 25.1 Å². The van der Waals surface area contributed by atoms with Gasteiger partial charge in [0.1, 0.15) is 11.1 Å². The smallest absolute Gasteiger partial charge is 0.349 e. The first-order chi connectivity index (χ1) is 12.0. The van der Waals surface area contributed by atoms with Gasteiger partial charge in [-0.2, -0.15) is 0 Å². The molecule has 0 aliphatic heterocycles. The van der Waals surface area contributed by atoms with Crippen LogP contribution in [0.15, 0.2) is 39.5 Å². The van der Waals surface area contributed by atoms with Gasteiger partial charge in [0.15, 0.2) is 0 Å². The molecule has 0 saturated heterocycles. The van der Waals surface area contributed by atoms with Crippen LogP contribution >= 0.6 is 0 Å². The molecule has 0 aliphatic carbocycles. The van der Waals surface area contributed by atoms with E-state index >= 15 is 0 Å². The van der Waals surface area contributed by atoms with Crippen molar-refractivity contribution in [3.05, 3.63) is 46.3 Å². The number of para-hydroxylation sites is 1. The van der Waals surface area contributed by atoms with Gasteiger partial charge >= 0.3 is 11.6 Å². The molecule has 0 saturated carbocycles. The van der Waals surface area contributed by atoms with Gasteiger partial charge in [-0.3, -0.25) is 9.59 Å². The Labute approximate surface area is 145 Å². The third kappa shape index (κ3) is 4.45. The van der Waals surface area contributed by atoms with Gasteiger partial charge in [0, 0.05) is 25.6 Å². The second-order valence-corrected chi connectivity index (χ2v) is 5.65. The lowest BCUT2D eigenvalue weighted by atomic mass is 10.1. The minimum Gasteiger partial charge on any atom is -0.469 e. The van der Waals surface area contributed by atoms with Crippen LogP contribution in [0.2, 0.25) is 0 Å². The Morgan fingerprint density at radius 2 is 1.96 bits per heavy atom. The van der Waals surface area contributed by atoms with E-state index in [1.54, 1.807) is 31.2 Å². The summed E-state index contributed by atoms with van der Waals surface area (Å²) in [6.07, 6.45) is 0. The van der Waals surface area contributed by atoms with Crippen molar-refractivity contribution >= 4 is 22.8 Å². The highest BCUT2D eigenvalue weighted by Crippen LogP contribution is 2.14. The minimum absolute atomic E-state index is 0.0770. The molecule has 25 heavy (non-hydrogen) atoms. The van der Waals surface area contributed by atoms with Crippen LogP contribution in [0.4, 0.5) is 0 Å². The molecule has 0 N–H and O–H groups in total. The van der Waals surface area contributed by atoms with E-state index in [-0.39, 0.29) is 25.3 Å². The second-order valence-electron chi connectivity index (χ2n) is 5.65. The van der Waals surface area contributed by atoms with Crippen LogP contribution in [0, 0.1) is 5.92 Å². The number of hydrogen-bond donors (Lipinski definition) is 0. The molecule has 7 heteroatoms. The molecular weight excluding hydrogens is 326 g/mol. The van der Waals surface area contributed by atoms with E-state index in [4.69, 9.17) is 13.9 Å². The number of ether oxygens (including phenoxy) is 2. The van der Waals surface area contributed by atoms with E-state index in [1.807, 2.05) is 0 Å². The molecule has 1 unspecified atom stereocenters. The highest BCUT2D eigenvalue weighted by molar-refractivity contribution is 5.96. The summed E-state index contributed by atoms with van der Waals surface area (Å²) in [5, 5.41) is 0.651. The van der Waals surface area contributed by atoms with Crippen LogP contribution in [0.1, 0.15) is 17.3 Å². The average molecular weight is 347 g/mol. The van der Waals surface area contributed by atoms with Crippen molar-refractivity contribution in [3.63, 3.8) is 0 Å². The van der Waals surface area contributed by atoms with Gasteiger partial charge in [-0.15, -0.1) is 0 Å². The van der Waals surface area contributed by atoms with Crippen molar-refractivity contribution in [1.82, 2.24) is 4.90 Å². The van der Waals surface area contributed by atoms with Crippen molar-refractivity contribution in [2.24, 2.45) is 5.92 Å². The zero-order valence-electron chi connectivity index (χ0n) is 14.5. The summed E-state index contributed by atoms with van der Waals surface area (Å²) >= 11 is 0. The maximum atomic E-state index is 12.8. The van der Waals surface area contributed by atoms with Crippen molar-refractivity contribution < 1.29 is 23.5 Å². The largest absolute Gasteiger partial charge is 0.469 e. The number of carbonyl (C=O) groups is 2. The van der Waals surface area contributed by atoms with Gasteiger partial charge in [-0.05, 0) is 12.1 Å². The fourth-order valence-corrected chi connectivity index (χ4v) is 2.46. The summed E-state index contributed by atoms with van der Waals surface area (Å²) in [5.74, 6) is -1.47. The molecule has 2 rings (SSSR count). The minimum atomic E-state index is -0.711. The van der Waals surface area contributed by atoms with Crippen LogP contribution in [-0.4, -0.2) is 50.7 Å². The fourth-order valence-electron chi connectivity index (χ4n) is 2.46. The van der Waals surface area contributed by atoms with Crippen molar-refractivity contribution in [1.29, 1.82) is 0 Å². The SMILES string of the molecule is COCCN(CC(C)C(=O)OC)C(=O)c1cc2ccccc2oc1=O. The molecule has 0 spiro atoms. The van der Waals surface area contributed by atoms with Crippen molar-refractivity contribution in [2.75, 3.05) is 33.9 Å². The summed E-state index contributed by atoms with van der Waals surface area (Å²) in [6.45, 7) is 2.28. The molecule has 1 aromatic heterocycles. The topological polar surface area (TPSA) is 86.0 Å². The Balaban J connectivity index is 2.33. The number of benzene rings is 1. The molecule has 0 radical (unpaired) electrons. The summed E-state index contributed by atoms with van der Waals surface area (Å²) in [4.78, 5) is 38.1. The monoisotopic (exact) mass is 347 g/mol. The van der Waals surface area contributed by atoms with Gasteiger partial charge in [-0.25, -0.2) is 4.79 Å². The van der Waals surface area contributed by atoms with E-state index in [2.05, 4.69) is 0 Å². The normalized spacial score (nSPS) is 12.0. The Morgan fingerprint density at radius 3 is 2.64 bits per heavy atom. The molecule has 1 amide bonds. The number of rotatable bonds is 7. The lowest BCUT2D eigenvalue weighted by molar-refractivity contribution is -0.145. The van der Waals surface area contributed by atoms with Gasteiger partial charge in [0.05, 0.1) is 19.6 Å². The second kappa shape index (κ2) is 8.43. The lowest BCUT2D eigenvalue weighted by Gasteiger charge is -2.24. The number of fused-ring (bicyclic) bond motifs is 1. The standard InChI is InChI=1S/C18H21NO6/c1-12(17(21)24-3)11-19(8-9-23-2)16(20)14-10-13-6-4-5-7-15(13)25-18(14)22/h4-7,10,12H,8-9,11H2,1-3H3. The third-order valence-corrected chi connectivity index (χ3v) is 3.82. The van der Waals surface area contributed by atoms with E-state index in [0.29, 0.717) is 11.0 Å². The number of esters is 1. The van der Waals surface area contributed by atoms with E-state index in [9.17, 15) is 14.4 Å². The molecule has 0 fully saturated rings. The number of hydrogen-bond acceptors (Lipinski definition) is 6. The Hall–Kier alpha value is -2.67. The highest BCUT2D eigenvalue weighted by atomic mass is 16.5. The number of nitrogens with zero attached hydrogens (tertiary/aromatic N) is 1. The van der Waals surface area contributed by atoms with Crippen LogP contribution in [-0.2, 0) is 14.3 Å². The molecule has 1 aromatic carbocycles. The van der Waals surface area contributed by atoms with Crippen LogP contribution in [0.5, 0.6) is 0 Å². The predicted molar refractivity (Wildman–Crippen MR) is 91.4 cm³/mol. The maximum absolute atomic E-state index is 12.8. The molecule has 2 aromatic rings. The third-order valence-electron chi connectivity index (χ3n) is 3.82. The lowest BCUT2D eigenvalue weighted by Crippen LogP contribution is -2.40. The quantitative estimate of drug-likeness (QED) is 0.560. The zero-order chi connectivity index (χ0) is 18.4. The molecule has 0 aliphatic rings. The first-order valence-corrected chi connectivity index (χ1v) is 7.86. The van der Waals surface area contributed by atoms with Crippen LogP contribution < -0.4 is 5.63 Å². The van der Waals surface area contributed by atoms with Crippen LogP contribution in [0.25, 0.3) is 11.0 Å². The fraction of sp³-hybridized carbons (Fsp3) is 0.389. The van der Waals surface area contributed by atoms with Gasteiger partial charge < -0.3 is 18.8 Å².